The first-order valence-corrected chi connectivity index (χ1v) is 10.8. The van der Waals surface area contributed by atoms with Crippen molar-refractivity contribution in [3.05, 3.63) is 77.8 Å². The summed E-state index contributed by atoms with van der Waals surface area (Å²) in [6, 6.07) is 15.0. The van der Waals surface area contributed by atoms with Gasteiger partial charge < -0.3 is 4.42 Å². The van der Waals surface area contributed by atoms with E-state index in [0.717, 1.165) is 22.1 Å². The molecule has 2 aromatic heterocycles. The van der Waals surface area contributed by atoms with Crippen molar-refractivity contribution < 1.29 is 12.8 Å². The first-order chi connectivity index (χ1) is 13.9. The van der Waals surface area contributed by atoms with E-state index in [-0.39, 0.29) is 11.4 Å². The highest BCUT2D eigenvalue weighted by Gasteiger charge is 2.18. The molecule has 0 saturated carbocycles. The van der Waals surface area contributed by atoms with Crippen LogP contribution in [-0.2, 0) is 16.4 Å². The van der Waals surface area contributed by atoms with Gasteiger partial charge in [-0.15, -0.1) is 0 Å². The molecule has 0 aliphatic carbocycles. The molecule has 1 N–H and O–H groups in total. The number of nitrogens with one attached hydrogen (secondary N) is 1. The Kier molecular flexibility index (Phi) is 5.17. The predicted octanol–water partition coefficient (Wildman–Crippen LogP) is 4.03. The standard InChI is InChI=1S/C22H21N3O3S/c1-15-6-8-17(9-7-15)22-25-19(14-28-22)10-11-24-29(26,27)20-5-3-4-18-12-16(2)13-23-21(18)20/h3-9,12-14,24H,10-11H2,1-2H3. The third-order valence-electron chi connectivity index (χ3n) is 4.62. The van der Waals surface area contributed by atoms with Crippen molar-refractivity contribution in [2.75, 3.05) is 6.54 Å². The fraction of sp³-hybridized carbons (Fsp3) is 0.182. The quantitative estimate of drug-likeness (QED) is 0.522. The molecule has 7 heteroatoms. The zero-order valence-electron chi connectivity index (χ0n) is 16.2. The minimum atomic E-state index is -3.69. The molecule has 2 heterocycles. The summed E-state index contributed by atoms with van der Waals surface area (Å²) in [5.74, 6) is 0.525. The van der Waals surface area contributed by atoms with Gasteiger partial charge >= 0.3 is 0 Å². The van der Waals surface area contributed by atoms with Crippen molar-refractivity contribution in [2.24, 2.45) is 0 Å². The SMILES string of the molecule is Cc1ccc(-c2nc(CCNS(=O)(=O)c3cccc4cc(C)cnc34)co2)cc1. The Hall–Kier alpha value is -3.03. The lowest BCUT2D eigenvalue weighted by Crippen LogP contribution is -2.26. The number of fused-ring (bicyclic) bond motifs is 1. The van der Waals surface area contributed by atoms with Crippen LogP contribution in [0, 0.1) is 13.8 Å². The van der Waals surface area contributed by atoms with E-state index in [2.05, 4.69) is 14.7 Å². The molecular formula is C22H21N3O3S. The number of benzene rings is 2. The highest BCUT2D eigenvalue weighted by atomic mass is 32.2. The van der Waals surface area contributed by atoms with Crippen LogP contribution in [0.25, 0.3) is 22.4 Å². The van der Waals surface area contributed by atoms with Crippen molar-refractivity contribution in [3.63, 3.8) is 0 Å². The van der Waals surface area contributed by atoms with Crippen LogP contribution in [0.4, 0.5) is 0 Å². The number of sulfonamides is 1. The Morgan fingerprint density at radius 3 is 2.62 bits per heavy atom. The van der Waals surface area contributed by atoms with Gasteiger partial charge in [-0.2, -0.15) is 0 Å². The Morgan fingerprint density at radius 1 is 1.03 bits per heavy atom. The Balaban J connectivity index is 1.46. The van der Waals surface area contributed by atoms with Crippen LogP contribution in [0.5, 0.6) is 0 Å². The monoisotopic (exact) mass is 407 g/mol. The number of oxazole rings is 1. The van der Waals surface area contributed by atoms with Crippen LogP contribution in [0.2, 0.25) is 0 Å². The summed E-state index contributed by atoms with van der Waals surface area (Å²) in [4.78, 5) is 8.93. The van der Waals surface area contributed by atoms with Gasteiger partial charge in [-0.1, -0.05) is 29.8 Å². The van der Waals surface area contributed by atoms with Gasteiger partial charge in [-0.05, 0) is 43.7 Å². The smallest absolute Gasteiger partial charge is 0.242 e. The van der Waals surface area contributed by atoms with Crippen LogP contribution < -0.4 is 4.72 Å². The summed E-state index contributed by atoms with van der Waals surface area (Å²) in [5.41, 5.74) is 4.19. The number of hydrogen-bond donors (Lipinski definition) is 1. The largest absolute Gasteiger partial charge is 0.444 e. The maximum Gasteiger partial charge on any atom is 0.242 e. The molecule has 0 amide bonds. The van der Waals surface area contributed by atoms with E-state index in [1.54, 1.807) is 24.6 Å². The number of pyridine rings is 1. The van der Waals surface area contributed by atoms with Gasteiger partial charge in [0.1, 0.15) is 11.2 Å². The second-order valence-electron chi connectivity index (χ2n) is 7.00. The fourth-order valence-electron chi connectivity index (χ4n) is 3.10. The average molecular weight is 407 g/mol. The van der Waals surface area contributed by atoms with Crippen LogP contribution >= 0.6 is 0 Å². The number of para-hydroxylation sites is 1. The van der Waals surface area contributed by atoms with Crippen molar-refractivity contribution in [1.29, 1.82) is 0 Å². The number of hydrogen-bond acceptors (Lipinski definition) is 5. The van der Waals surface area contributed by atoms with E-state index >= 15 is 0 Å². The van der Waals surface area contributed by atoms with E-state index in [1.807, 2.05) is 50.2 Å². The van der Waals surface area contributed by atoms with Gasteiger partial charge in [0.2, 0.25) is 15.9 Å². The second kappa shape index (κ2) is 7.77. The lowest BCUT2D eigenvalue weighted by atomic mass is 10.1. The Bertz CT molecular complexity index is 1260. The first-order valence-electron chi connectivity index (χ1n) is 9.29. The molecule has 6 nitrogen and oxygen atoms in total. The molecule has 148 valence electrons. The minimum Gasteiger partial charge on any atom is -0.444 e. The van der Waals surface area contributed by atoms with Crippen molar-refractivity contribution in [1.82, 2.24) is 14.7 Å². The molecule has 2 aromatic carbocycles. The summed E-state index contributed by atoms with van der Waals surface area (Å²) in [5, 5.41) is 0.798. The number of aryl methyl sites for hydroxylation is 2. The topological polar surface area (TPSA) is 85.1 Å². The molecule has 0 aliphatic rings. The van der Waals surface area contributed by atoms with E-state index in [1.165, 1.54) is 0 Å². The minimum absolute atomic E-state index is 0.176. The van der Waals surface area contributed by atoms with Crippen LogP contribution in [0.3, 0.4) is 0 Å². The van der Waals surface area contributed by atoms with E-state index < -0.39 is 10.0 Å². The van der Waals surface area contributed by atoms with Crippen molar-refractivity contribution in [2.45, 2.75) is 25.2 Å². The van der Waals surface area contributed by atoms with Gasteiger partial charge in [-0.3, -0.25) is 4.98 Å². The lowest BCUT2D eigenvalue weighted by molar-refractivity contribution is 0.570. The van der Waals surface area contributed by atoms with Gasteiger partial charge in [0, 0.05) is 30.1 Å². The highest BCUT2D eigenvalue weighted by Crippen LogP contribution is 2.22. The van der Waals surface area contributed by atoms with Gasteiger partial charge in [0.05, 0.1) is 11.2 Å². The van der Waals surface area contributed by atoms with Gasteiger partial charge in [-0.25, -0.2) is 18.1 Å². The molecule has 4 aromatic rings. The number of aromatic nitrogens is 2. The van der Waals surface area contributed by atoms with Crippen molar-refractivity contribution in [3.8, 4) is 11.5 Å². The molecule has 0 radical (unpaired) electrons. The number of nitrogens with zero attached hydrogens (tertiary/aromatic N) is 2. The summed E-state index contributed by atoms with van der Waals surface area (Å²) >= 11 is 0. The van der Waals surface area contributed by atoms with Crippen LogP contribution in [0.1, 0.15) is 16.8 Å². The highest BCUT2D eigenvalue weighted by molar-refractivity contribution is 7.89. The zero-order valence-corrected chi connectivity index (χ0v) is 17.0. The van der Waals surface area contributed by atoms with E-state index in [4.69, 9.17) is 4.42 Å². The fourth-order valence-corrected chi connectivity index (χ4v) is 4.31. The first kappa shape index (κ1) is 19.3. The molecule has 0 aliphatic heterocycles. The summed E-state index contributed by atoms with van der Waals surface area (Å²) in [6.07, 6.45) is 3.65. The van der Waals surface area contributed by atoms with Gasteiger partial charge in [0.25, 0.3) is 0 Å². The van der Waals surface area contributed by atoms with Crippen molar-refractivity contribution >= 4 is 20.9 Å². The van der Waals surface area contributed by atoms with Crippen LogP contribution in [-0.4, -0.2) is 24.9 Å². The predicted molar refractivity (Wildman–Crippen MR) is 112 cm³/mol. The van der Waals surface area contributed by atoms with Crippen LogP contribution in [0.15, 0.2) is 70.3 Å². The van der Waals surface area contributed by atoms with E-state index in [0.29, 0.717) is 23.5 Å². The molecular weight excluding hydrogens is 386 g/mol. The molecule has 0 atom stereocenters. The summed E-state index contributed by atoms with van der Waals surface area (Å²) in [6.45, 7) is 4.16. The molecule has 4 rings (SSSR count). The maximum atomic E-state index is 12.8. The molecule has 0 bridgehead atoms. The zero-order chi connectivity index (χ0) is 20.4. The Labute approximate surface area is 169 Å². The molecule has 0 fully saturated rings. The third kappa shape index (κ3) is 4.21. The molecule has 0 unspecified atom stereocenters. The Morgan fingerprint density at radius 2 is 1.83 bits per heavy atom. The summed E-state index contributed by atoms with van der Waals surface area (Å²) in [7, 11) is -3.69. The number of rotatable bonds is 6. The normalized spacial score (nSPS) is 11.8. The second-order valence-corrected chi connectivity index (χ2v) is 8.73. The molecule has 29 heavy (non-hydrogen) atoms. The van der Waals surface area contributed by atoms with E-state index in [9.17, 15) is 8.42 Å². The van der Waals surface area contributed by atoms with Gasteiger partial charge in [0.15, 0.2) is 0 Å². The molecule has 0 spiro atoms. The average Bonchev–Trinajstić information content (AvgIpc) is 3.16. The lowest BCUT2D eigenvalue weighted by Gasteiger charge is -2.09. The maximum absolute atomic E-state index is 12.8. The third-order valence-corrected chi connectivity index (χ3v) is 6.12. The summed E-state index contributed by atoms with van der Waals surface area (Å²) < 4.78 is 33.7. The molecule has 0 saturated heterocycles.